The smallest absolute Gasteiger partial charge is 0.298 e. The van der Waals surface area contributed by atoms with E-state index in [1.165, 1.54) is 0 Å². The summed E-state index contributed by atoms with van der Waals surface area (Å²) >= 11 is 0. The van der Waals surface area contributed by atoms with Crippen molar-refractivity contribution in [2.75, 3.05) is 38.6 Å². The lowest BCUT2D eigenvalue weighted by Crippen LogP contribution is -2.46. The molecule has 1 aliphatic rings. The molecule has 3 rings (SSSR count). The summed E-state index contributed by atoms with van der Waals surface area (Å²) in [5, 5.41) is 3.15. The van der Waals surface area contributed by atoms with E-state index in [1.807, 2.05) is 24.3 Å². The van der Waals surface area contributed by atoms with Crippen LogP contribution >= 0.6 is 0 Å². The topological polar surface area (TPSA) is 61.6 Å². The van der Waals surface area contributed by atoms with Gasteiger partial charge in [-0.05, 0) is 45.0 Å². The largest absolute Gasteiger partial charge is 0.423 e. The van der Waals surface area contributed by atoms with Gasteiger partial charge in [-0.25, -0.2) is 0 Å². The number of nitrogens with zero attached hydrogens (tertiary/aromatic N) is 3. The van der Waals surface area contributed by atoms with Gasteiger partial charge < -0.3 is 19.5 Å². The van der Waals surface area contributed by atoms with Gasteiger partial charge in [-0.15, -0.1) is 0 Å². The van der Waals surface area contributed by atoms with Crippen LogP contribution in [-0.4, -0.2) is 55.6 Å². The number of rotatable bonds is 6. The van der Waals surface area contributed by atoms with Crippen molar-refractivity contribution in [3.05, 3.63) is 24.3 Å². The predicted octanol–water partition coefficient (Wildman–Crippen LogP) is 2.75. The zero-order valence-electron chi connectivity index (χ0n) is 16.2. The lowest BCUT2D eigenvalue weighted by Gasteiger charge is -2.32. The van der Waals surface area contributed by atoms with Crippen LogP contribution in [0.15, 0.2) is 28.7 Å². The van der Waals surface area contributed by atoms with Crippen LogP contribution in [0.2, 0.25) is 0 Å². The Kier molecular flexibility index (Phi) is 5.81. The van der Waals surface area contributed by atoms with Gasteiger partial charge in [-0.1, -0.05) is 26.0 Å². The summed E-state index contributed by atoms with van der Waals surface area (Å²) < 4.78 is 5.84. The van der Waals surface area contributed by atoms with Crippen LogP contribution in [0.4, 0.5) is 6.01 Å². The highest BCUT2D eigenvalue weighted by Gasteiger charge is 2.28. The molecule has 6 heteroatoms. The van der Waals surface area contributed by atoms with Crippen LogP contribution in [-0.2, 0) is 4.79 Å². The summed E-state index contributed by atoms with van der Waals surface area (Å²) in [7, 11) is 4.13. The first kappa shape index (κ1) is 18.7. The third-order valence-electron chi connectivity index (χ3n) is 5.34. The molecule has 0 aliphatic carbocycles. The first-order valence-electron chi connectivity index (χ1n) is 9.50. The second-order valence-electron chi connectivity index (χ2n) is 7.75. The van der Waals surface area contributed by atoms with Crippen molar-refractivity contribution in [2.24, 2.45) is 11.8 Å². The number of para-hydroxylation sites is 2. The number of carbonyl (C=O) groups excluding carboxylic acids is 1. The molecule has 6 nitrogen and oxygen atoms in total. The van der Waals surface area contributed by atoms with E-state index in [9.17, 15) is 4.79 Å². The van der Waals surface area contributed by atoms with E-state index in [-0.39, 0.29) is 11.8 Å². The number of hydrogen-bond acceptors (Lipinski definition) is 5. The maximum absolute atomic E-state index is 12.5. The molecular formula is C20H30N4O2. The van der Waals surface area contributed by atoms with Gasteiger partial charge in [-0.2, -0.15) is 4.98 Å². The summed E-state index contributed by atoms with van der Waals surface area (Å²) in [6, 6.07) is 8.83. The van der Waals surface area contributed by atoms with Crippen LogP contribution < -0.4 is 10.2 Å². The van der Waals surface area contributed by atoms with Crippen molar-refractivity contribution < 1.29 is 9.21 Å². The first-order chi connectivity index (χ1) is 12.5. The predicted molar refractivity (Wildman–Crippen MR) is 104 cm³/mol. The van der Waals surface area contributed by atoms with E-state index < -0.39 is 0 Å². The zero-order chi connectivity index (χ0) is 18.7. The van der Waals surface area contributed by atoms with Gasteiger partial charge in [0.2, 0.25) is 5.91 Å². The number of oxazole rings is 1. The van der Waals surface area contributed by atoms with E-state index in [4.69, 9.17) is 4.42 Å². The number of benzene rings is 1. The summed E-state index contributed by atoms with van der Waals surface area (Å²) in [5.41, 5.74) is 1.69. The summed E-state index contributed by atoms with van der Waals surface area (Å²) in [5.74, 6) is 0.756. The van der Waals surface area contributed by atoms with E-state index >= 15 is 0 Å². The minimum atomic E-state index is 0.0746. The molecule has 2 aromatic rings. The molecule has 0 unspecified atom stereocenters. The van der Waals surface area contributed by atoms with Crippen LogP contribution in [0.1, 0.15) is 26.7 Å². The number of carbonyl (C=O) groups is 1. The van der Waals surface area contributed by atoms with Gasteiger partial charge >= 0.3 is 0 Å². The van der Waals surface area contributed by atoms with Crippen molar-refractivity contribution in [2.45, 2.75) is 32.7 Å². The van der Waals surface area contributed by atoms with Crippen molar-refractivity contribution in [3.63, 3.8) is 0 Å². The van der Waals surface area contributed by atoms with Crippen LogP contribution in [0.25, 0.3) is 11.1 Å². The Bertz CT molecular complexity index is 691. The van der Waals surface area contributed by atoms with Gasteiger partial charge in [-0.3, -0.25) is 4.79 Å². The second kappa shape index (κ2) is 8.08. The van der Waals surface area contributed by atoms with Crippen LogP contribution in [0.5, 0.6) is 0 Å². The second-order valence-corrected chi connectivity index (χ2v) is 7.75. The fourth-order valence-electron chi connectivity index (χ4n) is 3.69. The summed E-state index contributed by atoms with van der Waals surface area (Å²) in [6.45, 7) is 6.68. The average molecular weight is 358 g/mol. The van der Waals surface area contributed by atoms with Crippen molar-refractivity contribution in [3.8, 4) is 0 Å². The SMILES string of the molecule is CC(C)[C@@H](CNC(=O)C1CCN(c2nc3ccccc3o2)CC1)N(C)C. The quantitative estimate of drug-likeness (QED) is 0.860. The van der Waals surface area contributed by atoms with Crippen molar-refractivity contribution in [1.29, 1.82) is 0 Å². The standard InChI is InChI=1S/C20H30N4O2/c1-14(2)17(23(3)4)13-21-19(25)15-9-11-24(12-10-15)20-22-16-7-5-6-8-18(16)26-20/h5-8,14-15,17H,9-13H2,1-4H3,(H,21,25)/t17-/m1/s1. The molecule has 1 N–H and O–H groups in total. The Hall–Kier alpha value is -2.08. The van der Waals surface area contributed by atoms with Gasteiger partial charge in [0.25, 0.3) is 6.01 Å². The molecule has 0 bridgehead atoms. The number of likely N-dealkylation sites (N-methyl/N-ethyl adjacent to an activating group) is 1. The molecule has 1 aromatic heterocycles. The molecule has 1 amide bonds. The number of hydrogen-bond donors (Lipinski definition) is 1. The van der Waals surface area contributed by atoms with E-state index in [0.29, 0.717) is 24.5 Å². The highest BCUT2D eigenvalue weighted by Crippen LogP contribution is 2.26. The van der Waals surface area contributed by atoms with Gasteiger partial charge in [0.1, 0.15) is 5.52 Å². The molecule has 0 spiro atoms. The average Bonchev–Trinajstić information content (AvgIpc) is 3.05. The van der Waals surface area contributed by atoms with E-state index in [2.05, 4.69) is 48.0 Å². The summed E-state index contributed by atoms with van der Waals surface area (Å²) in [4.78, 5) is 21.4. The minimum absolute atomic E-state index is 0.0746. The summed E-state index contributed by atoms with van der Waals surface area (Å²) in [6.07, 6.45) is 1.66. The van der Waals surface area contributed by atoms with Crippen molar-refractivity contribution in [1.82, 2.24) is 15.2 Å². The molecule has 0 radical (unpaired) electrons. The number of aromatic nitrogens is 1. The monoisotopic (exact) mass is 358 g/mol. The maximum atomic E-state index is 12.5. The third kappa shape index (κ3) is 4.18. The Morgan fingerprint density at radius 3 is 2.62 bits per heavy atom. The molecule has 1 atom stereocenters. The highest BCUT2D eigenvalue weighted by molar-refractivity contribution is 5.79. The van der Waals surface area contributed by atoms with E-state index in [1.54, 1.807) is 0 Å². The Labute approximate surface area is 155 Å². The minimum Gasteiger partial charge on any atom is -0.423 e. The molecule has 2 heterocycles. The molecule has 26 heavy (non-hydrogen) atoms. The van der Waals surface area contributed by atoms with Crippen LogP contribution in [0, 0.1) is 11.8 Å². The number of anilines is 1. The highest BCUT2D eigenvalue weighted by atomic mass is 16.4. The first-order valence-corrected chi connectivity index (χ1v) is 9.50. The Balaban J connectivity index is 1.52. The molecule has 1 aromatic carbocycles. The van der Waals surface area contributed by atoms with Gasteiger partial charge in [0.15, 0.2) is 5.58 Å². The Morgan fingerprint density at radius 2 is 2.00 bits per heavy atom. The fraction of sp³-hybridized carbons (Fsp3) is 0.600. The van der Waals surface area contributed by atoms with E-state index in [0.717, 1.165) is 37.0 Å². The number of fused-ring (bicyclic) bond motifs is 1. The van der Waals surface area contributed by atoms with Gasteiger partial charge in [0.05, 0.1) is 0 Å². The van der Waals surface area contributed by atoms with Gasteiger partial charge in [0, 0.05) is 31.6 Å². The fourth-order valence-corrected chi connectivity index (χ4v) is 3.69. The molecular weight excluding hydrogens is 328 g/mol. The lowest BCUT2D eigenvalue weighted by molar-refractivity contribution is -0.125. The molecule has 0 saturated carbocycles. The number of piperidine rings is 1. The molecule has 142 valence electrons. The Morgan fingerprint density at radius 1 is 1.31 bits per heavy atom. The molecule has 1 fully saturated rings. The van der Waals surface area contributed by atoms with Crippen LogP contribution in [0.3, 0.4) is 0 Å². The normalized spacial score (nSPS) is 17.2. The van der Waals surface area contributed by atoms with Crippen molar-refractivity contribution >= 4 is 23.0 Å². The molecule has 1 aliphatic heterocycles. The molecule has 1 saturated heterocycles. The maximum Gasteiger partial charge on any atom is 0.298 e. The lowest BCUT2D eigenvalue weighted by atomic mass is 9.95. The number of nitrogens with one attached hydrogen (secondary N) is 1. The third-order valence-corrected chi connectivity index (χ3v) is 5.34. The zero-order valence-corrected chi connectivity index (χ0v) is 16.2. The number of amides is 1.